The van der Waals surface area contributed by atoms with Gasteiger partial charge >= 0.3 is 5.97 Å². The molecule has 7 heteroatoms. The van der Waals surface area contributed by atoms with Crippen molar-refractivity contribution in [2.45, 2.75) is 25.5 Å². The van der Waals surface area contributed by atoms with Crippen LogP contribution in [0.1, 0.15) is 18.4 Å². The molecule has 23 heavy (non-hydrogen) atoms. The summed E-state index contributed by atoms with van der Waals surface area (Å²) in [6, 6.07) is 9.58. The Morgan fingerprint density at radius 2 is 2.00 bits per heavy atom. The summed E-state index contributed by atoms with van der Waals surface area (Å²) < 4.78 is 28.1. The summed E-state index contributed by atoms with van der Waals surface area (Å²) in [5.41, 5.74) is 1.01. The highest BCUT2D eigenvalue weighted by Crippen LogP contribution is 2.23. The predicted molar refractivity (Wildman–Crippen MR) is 83.1 cm³/mol. The molecule has 0 bridgehead atoms. The zero-order valence-corrected chi connectivity index (χ0v) is 13.5. The van der Waals surface area contributed by atoms with Gasteiger partial charge in [0.25, 0.3) is 0 Å². The Hall–Kier alpha value is -1.89. The molecule has 2 fully saturated rings. The Balaban J connectivity index is 1.56. The van der Waals surface area contributed by atoms with Gasteiger partial charge in [0, 0.05) is 19.5 Å². The van der Waals surface area contributed by atoms with Crippen LogP contribution in [0.4, 0.5) is 0 Å². The van der Waals surface area contributed by atoms with Crippen LogP contribution in [-0.4, -0.2) is 49.3 Å². The minimum Gasteiger partial charge on any atom is -0.461 e. The lowest BCUT2D eigenvalue weighted by atomic mass is 10.1. The Kier molecular flexibility index (Phi) is 4.39. The minimum absolute atomic E-state index is 0.0642. The molecule has 0 spiro atoms. The zero-order chi connectivity index (χ0) is 16.4. The van der Waals surface area contributed by atoms with Crippen LogP contribution >= 0.6 is 0 Å². The van der Waals surface area contributed by atoms with E-state index in [-0.39, 0.29) is 23.8 Å². The number of ether oxygens (including phenoxy) is 1. The fraction of sp³-hybridized carbons (Fsp3) is 0.500. The number of hydrogen-bond donors (Lipinski definition) is 0. The van der Waals surface area contributed by atoms with Gasteiger partial charge in [-0.15, -0.1) is 0 Å². The highest BCUT2D eigenvalue weighted by Gasteiger charge is 2.38. The molecular weight excluding hydrogens is 318 g/mol. The summed E-state index contributed by atoms with van der Waals surface area (Å²) in [7, 11) is -3.08. The predicted octanol–water partition coefficient (Wildman–Crippen LogP) is 0.765. The molecule has 2 atom stereocenters. The maximum absolute atomic E-state index is 12.2. The lowest BCUT2D eigenvalue weighted by Gasteiger charge is -2.17. The van der Waals surface area contributed by atoms with Gasteiger partial charge in [-0.2, -0.15) is 0 Å². The van der Waals surface area contributed by atoms with E-state index in [1.54, 1.807) is 4.90 Å². The number of likely N-dealkylation sites (tertiary alicyclic amines) is 1. The molecule has 2 aliphatic rings. The van der Waals surface area contributed by atoms with E-state index in [4.69, 9.17) is 4.74 Å². The third kappa shape index (κ3) is 3.90. The standard InChI is InChI=1S/C16H19NO5S/c18-15-8-13(10-17(15)9-12-4-2-1-3-5-12)16(19)22-14-6-7-23(20,21)11-14/h1-5,13-14H,6-11H2/t13-,14+/m0/s1. The van der Waals surface area contributed by atoms with Gasteiger partial charge in [-0.1, -0.05) is 30.3 Å². The van der Waals surface area contributed by atoms with E-state index in [1.165, 1.54) is 0 Å². The Labute approximate surface area is 135 Å². The number of rotatable bonds is 4. The maximum Gasteiger partial charge on any atom is 0.311 e. The smallest absolute Gasteiger partial charge is 0.311 e. The largest absolute Gasteiger partial charge is 0.461 e. The molecule has 2 saturated heterocycles. The van der Waals surface area contributed by atoms with Crippen molar-refractivity contribution in [3.63, 3.8) is 0 Å². The van der Waals surface area contributed by atoms with Crippen LogP contribution in [-0.2, 0) is 30.7 Å². The molecule has 2 aliphatic heterocycles. The number of hydrogen-bond acceptors (Lipinski definition) is 5. The number of carbonyl (C=O) groups excluding carboxylic acids is 2. The second-order valence-electron chi connectivity index (χ2n) is 6.12. The summed E-state index contributed by atoms with van der Waals surface area (Å²) in [6.45, 7) is 0.799. The average Bonchev–Trinajstić information content (AvgIpc) is 3.03. The van der Waals surface area contributed by atoms with E-state index in [0.29, 0.717) is 19.5 Å². The first-order chi connectivity index (χ1) is 10.9. The average molecular weight is 337 g/mol. The minimum atomic E-state index is -3.08. The highest BCUT2D eigenvalue weighted by molar-refractivity contribution is 7.91. The number of sulfone groups is 1. The third-order valence-corrected chi connectivity index (χ3v) is 5.97. The first-order valence-corrected chi connectivity index (χ1v) is 9.48. The lowest BCUT2D eigenvalue weighted by Crippen LogP contribution is -2.28. The normalized spacial score (nSPS) is 26.4. The van der Waals surface area contributed by atoms with E-state index < -0.39 is 27.8 Å². The molecule has 2 heterocycles. The summed E-state index contributed by atoms with van der Waals surface area (Å²) in [5.74, 6) is -1.08. The van der Waals surface area contributed by atoms with Crippen molar-refractivity contribution >= 4 is 21.7 Å². The summed E-state index contributed by atoms with van der Waals surface area (Å²) in [6.07, 6.45) is -0.0843. The van der Waals surface area contributed by atoms with Gasteiger partial charge < -0.3 is 9.64 Å². The van der Waals surface area contributed by atoms with Crippen molar-refractivity contribution in [3.05, 3.63) is 35.9 Å². The van der Waals surface area contributed by atoms with Gasteiger partial charge in [-0.05, 0) is 12.0 Å². The molecule has 0 saturated carbocycles. The van der Waals surface area contributed by atoms with Crippen molar-refractivity contribution in [1.82, 2.24) is 4.90 Å². The Morgan fingerprint density at radius 3 is 2.65 bits per heavy atom. The molecule has 6 nitrogen and oxygen atoms in total. The van der Waals surface area contributed by atoms with Crippen LogP contribution in [0.5, 0.6) is 0 Å². The first kappa shape index (κ1) is 16.0. The van der Waals surface area contributed by atoms with Gasteiger partial charge in [0.15, 0.2) is 9.84 Å². The third-order valence-electron chi connectivity index (χ3n) is 4.24. The molecule has 1 amide bonds. The van der Waals surface area contributed by atoms with Gasteiger partial charge in [0.1, 0.15) is 6.10 Å². The first-order valence-electron chi connectivity index (χ1n) is 7.65. The molecule has 124 valence electrons. The van der Waals surface area contributed by atoms with E-state index in [9.17, 15) is 18.0 Å². The fourth-order valence-corrected chi connectivity index (χ4v) is 4.59. The van der Waals surface area contributed by atoms with Crippen molar-refractivity contribution in [3.8, 4) is 0 Å². The van der Waals surface area contributed by atoms with Crippen LogP contribution in [0.25, 0.3) is 0 Å². The molecule has 0 aromatic heterocycles. The van der Waals surface area contributed by atoms with Crippen LogP contribution in [0.15, 0.2) is 30.3 Å². The van der Waals surface area contributed by atoms with Crippen molar-refractivity contribution in [1.29, 1.82) is 0 Å². The number of esters is 1. The van der Waals surface area contributed by atoms with E-state index >= 15 is 0 Å². The fourth-order valence-electron chi connectivity index (χ4n) is 3.00. The lowest BCUT2D eigenvalue weighted by molar-refractivity contribution is -0.152. The molecular formula is C16H19NO5S. The number of carbonyl (C=O) groups is 2. The molecule has 1 aromatic rings. The number of amides is 1. The van der Waals surface area contributed by atoms with Crippen molar-refractivity contribution in [2.75, 3.05) is 18.1 Å². The van der Waals surface area contributed by atoms with Gasteiger partial charge in [-0.3, -0.25) is 9.59 Å². The van der Waals surface area contributed by atoms with Gasteiger partial charge in [0.05, 0.1) is 17.4 Å². The Morgan fingerprint density at radius 1 is 1.26 bits per heavy atom. The molecule has 3 rings (SSSR count). The van der Waals surface area contributed by atoms with Crippen LogP contribution in [0.3, 0.4) is 0 Å². The number of benzene rings is 1. The summed E-state index contributed by atoms with van der Waals surface area (Å²) in [5, 5.41) is 0. The quantitative estimate of drug-likeness (QED) is 0.758. The molecule has 0 radical (unpaired) electrons. The van der Waals surface area contributed by atoms with Crippen molar-refractivity contribution < 1.29 is 22.7 Å². The number of nitrogens with zero attached hydrogens (tertiary/aromatic N) is 1. The van der Waals surface area contributed by atoms with E-state index in [2.05, 4.69) is 0 Å². The molecule has 0 aliphatic carbocycles. The second kappa shape index (κ2) is 6.31. The topological polar surface area (TPSA) is 80.8 Å². The van der Waals surface area contributed by atoms with Crippen molar-refractivity contribution in [2.24, 2.45) is 5.92 Å². The van der Waals surface area contributed by atoms with Crippen LogP contribution in [0.2, 0.25) is 0 Å². The van der Waals surface area contributed by atoms with Gasteiger partial charge in [-0.25, -0.2) is 8.42 Å². The van der Waals surface area contributed by atoms with Gasteiger partial charge in [0.2, 0.25) is 5.91 Å². The molecule has 0 N–H and O–H groups in total. The van der Waals surface area contributed by atoms with Crippen LogP contribution in [0, 0.1) is 5.92 Å². The second-order valence-corrected chi connectivity index (χ2v) is 8.35. The molecule has 1 aromatic carbocycles. The van der Waals surface area contributed by atoms with E-state index in [1.807, 2.05) is 30.3 Å². The summed E-state index contributed by atoms with van der Waals surface area (Å²) in [4.78, 5) is 25.9. The SMILES string of the molecule is O=C(O[C@@H]1CCS(=O)(=O)C1)[C@H]1CC(=O)N(Cc2ccccc2)C1. The summed E-state index contributed by atoms with van der Waals surface area (Å²) >= 11 is 0. The van der Waals surface area contributed by atoms with E-state index in [0.717, 1.165) is 5.56 Å². The maximum atomic E-state index is 12.2. The highest BCUT2D eigenvalue weighted by atomic mass is 32.2. The zero-order valence-electron chi connectivity index (χ0n) is 12.7. The monoisotopic (exact) mass is 337 g/mol. The van der Waals surface area contributed by atoms with Crippen LogP contribution < -0.4 is 0 Å². The molecule has 0 unspecified atom stereocenters. The Bertz CT molecular complexity index is 700.